The normalized spacial score (nSPS) is 10.4. The van der Waals surface area contributed by atoms with Gasteiger partial charge < -0.3 is 4.98 Å². The molecule has 3 rings (SSSR count). The summed E-state index contributed by atoms with van der Waals surface area (Å²) in [5.74, 6) is -0.774. The lowest BCUT2D eigenvalue weighted by molar-refractivity contribution is 0.0846. The van der Waals surface area contributed by atoms with E-state index in [4.69, 9.17) is 0 Å². The zero-order chi connectivity index (χ0) is 16.9. The molecule has 2 aromatic heterocycles. The molecule has 0 aliphatic carbocycles. The SMILES string of the molecule is Cc1nc(Cc2ccccc2)sc1C(=O)NNC(=O)c1ccc[nH]1. The van der Waals surface area contributed by atoms with Crippen molar-refractivity contribution >= 4 is 23.2 Å². The number of amides is 2. The molecule has 0 aliphatic heterocycles. The van der Waals surface area contributed by atoms with Crippen molar-refractivity contribution in [3.63, 3.8) is 0 Å². The molecule has 0 saturated heterocycles. The Balaban J connectivity index is 1.64. The molecule has 3 N–H and O–H groups in total. The van der Waals surface area contributed by atoms with E-state index >= 15 is 0 Å². The van der Waals surface area contributed by atoms with Crippen molar-refractivity contribution in [2.24, 2.45) is 0 Å². The number of hydrazine groups is 1. The van der Waals surface area contributed by atoms with E-state index in [0.29, 0.717) is 22.7 Å². The molecule has 122 valence electrons. The maximum Gasteiger partial charge on any atom is 0.286 e. The Labute approximate surface area is 142 Å². The molecule has 7 heteroatoms. The minimum absolute atomic E-state index is 0.371. The van der Waals surface area contributed by atoms with E-state index in [0.717, 1.165) is 10.6 Å². The van der Waals surface area contributed by atoms with Crippen LogP contribution >= 0.6 is 11.3 Å². The van der Waals surface area contributed by atoms with E-state index in [1.54, 1.807) is 25.3 Å². The number of hydrogen-bond donors (Lipinski definition) is 3. The van der Waals surface area contributed by atoms with Gasteiger partial charge in [-0.2, -0.15) is 0 Å². The van der Waals surface area contributed by atoms with E-state index in [1.807, 2.05) is 30.3 Å². The van der Waals surface area contributed by atoms with Crippen LogP contribution in [0.3, 0.4) is 0 Å². The van der Waals surface area contributed by atoms with Gasteiger partial charge in [0, 0.05) is 12.6 Å². The highest BCUT2D eigenvalue weighted by Gasteiger charge is 2.16. The van der Waals surface area contributed by atoms with Gasteiger partial charge in [-0.15, -0.1) is 11.3 Å². The lowest BCUT2D eigenvalue weighted by Crippen LogP contribution is -2.41. The highest BCUT2D eigenvalue weighted by atomic mass is 32.1. The first kappa shape index (κ1) is 15.9. The van der Waals surface area contributed by atoms with Crippen LogP contribution < -0.4 is 10.9 Å². The average Bonchev–Trinajstić information content (AvgIpc) is 3.23. The largest absolute Gasteiger partial charge is 0.357 e. The van der Waals surface area contributed by atoms with Gasteiger partial charge >= 0.3 is 0 Å². The topological polar surface area (TPSA) is 86.9 Å². The Morgan fingerprint density at radius 3 is 2.54 bits per heavy atom. The van der Waals surface area contributed by atoms with Crippen LogP contribution in [0.1, 0.15) is 36.4 Å². The van der Waals surface area contributed by atoms with Crippen LogP contribution in [0, 0.1) is 6.92 Å². The fourth-order valence-electron chi connectivity index (χ4n) is 2.22. The molecule has 0 unspecified atom stereocenters. The van der Waals surface area contributed by atoms with Gasteiger partial charge in [0.25, 0.3) is 11.8 Å². The quantitative estimate of drug-likeness (QED) is 0.638. The fourth-order valence-corrected chi connectivity index (χ4v) is 3.21. The zero-order valence-electron chi connectivity index (χ0n) is 13.0. The maximum absolute atomic E-state index is 12.2. The van der Waals surface area contributed by atoms with Crippen molar-refractivity contribution in [2.75, 3.05) is 0 Å². The summed E-state index contributed by atoms with van der Waals surface area (Å²) in [6.07, 6.45) is 2.31. The van der Waals surface area contributed by atoms with E-state index < -0.39 is 5.91 Å². The second-order valence-corrected chi connectivity index (χ2v) is 6.26. The van der Waals surface area contributed by atoms with Gasteiger partial charge in [0.2, 0.25) is 0 Å². The number of hydrogen-bond acceptors (Lipinski definition) is 4. The Hall–Kier alpha value is -2.93. The molecule has 2 amide bonds. The van der Waals surface area contributed by atoms with Gasteiger partial charge in [-0.25, -0.2) is 4.98 Å². The summed E-state index contributed by atoms with van der Waals surface area (Å²) in [5.41, 5.74) is 6.96. The molecule has 3 aromatic rings. The number of thiazole rings is 1. The van der Waals surface area contributed by atoms with Crippen LogP contribution in [0.4, 0.5) is 0 Å². The number of nitrogens with zero attached hydrogens (tertiary/aromatic N) is 1. The van der Waals surface area contributed by atoms with Crippen molar-refractivity contribution in [2.45, 2.75) is 13.3 Å². The fraction of sp³-hybridized carbons (Fsp3) is 0.118. The summed E-state index contributed by atoms with van der Waals surface area (Å²) in [6.45, 7) is 1.78. The molecule has 0 radical (unpaired) electrons. The van der Waals surface area contributed by atoms with E-state index in [1.165, 1.54) is 11.3 Å². The predicted molar refractivity (Wildman–Crippen MR) is 91.8 cm³/mol. The number of carbonyl (C=O) groups is 2. The molecule has 2 heterocycles. The minimum Gasteiger partial charge on any atom is -0.357 e. The molecule has 0 bridgehead atoms. The smallest absolute Gasteiger partial charge is 0.286 e. The van der Waals surface area contributed by atoms with Crippen LogP contribution in [0.5, 0.6) is 0 Å². The molecule has 0 fully saturated rings. The third-order valence-electron chi connectivity index (χ3n) is 3.38. The van der Waals surface area contributed by atoms with Gasteiger partial charge in [-0.1, -0.05) is 30.3 Å². The predicted octanol–water partition coefficient (Wildman–Crippen LogP) is 2.45. The van der Waals surface area contributed by atoms with Crippen LogP contribution in [-0.4, -0.2) is 21.8 Å². The highest BCUT2D eigenvalue weighted by molar-refractivity contribution is 7.13. The molecular formula is C17H16N4O2S. The van der Waals surface area contributed by atoms with Crippen molar-refractivity contribution in [3.8, 4) is 0 Å². The first-order valence-electron chi connectivity index (χ1n) is 7.38. The molecule has 24 heavy (non-hydrogen) atoms. The van der Waals surface area contributed by atoms with Gasteiger partial charge in [-0.3, -0.25) is 20.4 Å². The highest BCUT2D eigenvalue weighted by Crippen LogP contribution is 2.20. The Morgan fingerprint density at radius 2 is 1.83 bits per heavy atom. The zero-order valence-corrected chi connectivity index (χ0v) is 13.8. The number of aromatic amines is 1. The summed E-state index contributed by atoms with van der Waals surface area (Å²) in [4.78, 5) is 31.7. The van der Waals surface area contributed by atoms with Crippen LogP contribution in [0.2, 0.25) is 0 Å². The van der Waals surface area contributed by atoms with E-state index in [2.05, 4.69) is 20.8 Å². The second-order valence-electron chi connectivity index (χ2n) is 5.18. The average molecular weight is 340 g/mol. The first-order valence-corrected chi connectivity index (χ1v) is 8.19. The summed E-state index contributed by atoms with van der Waals surface area (Å²) < 4.78 is 0. The summed E-state index contributed by atoms with van der Waals surface area (Å²) in [5, 5.41) is 0.861. The number of nitrogens with one attached hydrogen (secondary N) is 3. The standard InChI is InChI=1S/C17H16N4O2S/c1-11-15(17(23)21-20-16(22)13-8-5-9-18-13)24-14(19-11)10-12-6-3-2-4-7-12/h2-9,18H,10H2,1H3,(H,20,22)(H,21,23). The van der Waals surface area contributed by atoms with Gasteiger partial charge in [-0.05, 0) is 24.6 Å². The number of H-pyrrole nitrogens is 1. The van der Waals surface area contributed by atoms with E-state index in [9.17, 15) is 9.59 Å². The van der Waals surface area contributed by atoms with Gasteiger partial charge in [0.15, 0.2) is 0 Å². The molecule has 0 atom stereocenters. The number of rotatable bonds is 4. The number of benzene rings is 1. The van der Waals surface area contributed by atoms with Crippen LogP contribution in [-0.2, 0) is 6.42 Å². The summed E-state index contributed by atoms with van der Waals surface area (Å²) in [6, 6.07) is 13.3. The van der Waals surface area contributed by atoms with Gasteiger partial charge in [0.05, 0.1) is 10.7 Å². The van der Waals surface area contributed by atoms with Crippen LogP contribution in [0.25, 0.3) is 0 Å². The Morgan fingerprint density at radius 1 is 1.08 bits per heavy atom. The summed E-state index contributed by atoms with van der Waals surface area (Å²) >= 11 is 1.33. The number of aryl methyl sites for hydroxylation is 1. The van der Waals surface area contributed by atoms with Crippen molar-refractivity contribution in [1.29, 1.82) is 0 Å². The third-order valence-corrected chi connectivity index (χ3v) is 4.53. The number of aromatic nitrogens is 2. The molecule has 1 aromatic carbocycles. The molecule has 0 saturated carbocycles. The monoisotopic (exact) mass is 340 g/mol. The van der Waals surface area contributed by atoms with Crippen molar-refractivity contribution < 1.29 is 9.59 Å². The van der Waals surface area contributed by atoms with Crippen LogP contribution in [0.15, 0.2) is 48.7 Å². The van der Waals surface area contributed by atoms with E-state index in [-0.39, 0.29) is 5.91 Å². The Bertz CT molecular complexity index is 841. The Kier molecular flexibility index (Phi) is 4.72. The molecule has 0 spiro atoms. The maximum atomic E-state index is 12.2. The molecule has 0 aliphatic rings. The number of carbonyl (C=O) groups excluding carboxylic acids is 2. The first-order chi connectivity index (χ1) is 11.6. The summed E-state index contributed by atoms with van der Waals surface area (Å²) in [7, 11) is 0. The lowest BCUT2D eigenvalue weighted by atomic mass is 10.2. The minimum atomic E-state index is -0.403. The van der Waals surface area contributed by atoms with Crippen molar-refractivity contribution in [1.82, 2.24) is 20.8 Å². The second kappa shape index (κ2) is 7.10. The molecular weight excluding hydrogens is 324 g/mol. The third kappa shape index (κ3) is 3.69. The molecule has 6 nitrogen and oxygen atoms in total. The van der Waals surface area contributed by atoms with Crippen molar-refractivity contribution in [3.05, 3.63) is 75.5 Å². The van der Waals surface area contributed by atoms with Gasteiger partial charge in [0.1, 0.15) is 10.6 Å². The lowest BCUT2D eigenvalue weighted by Gasteiger charge is -2.05.